The molecule has 0 aromatic carbocycles. The Morgan fingerprint density at radius 2 is 2.21 bits per heavy atom. The van der Waals surface area contributed by atoms with Crippen molar-refractivity contribution in [3.63, 3.8) is 0 Å². The third kappa shape index (κ3) is 2.60. The first kappa shape index (κ1) is 15.3. The van der Waals surface area contributed by atoms with E-state index in [1.807, 2.05) is 25.4 Å². The maximum atomic E-state index is 12.2. The molecular weight excluding hydrogens is 307 g/mol. The lowest BCUT2D eigenvalue weighted by Crippen LogP contribution is -2.39. The minimum Gasteiger partial charge on any atom is -0.375 e. The predicted molar refractivity (Wildman–Crippen MR) is 92.9 cm³/mol. The molecule has 126 valence electrons. The fourth-order valence-corrected chi connectivity index (χ4v) is 3.44. The zero-order valence-electron chi connectivity index (χ0n) is 13.7. The van der Waals surface area contributed by atoms with Crippen LogP contribution in [0.1, 0.15) is 12.8 Å². The Hall–Kier alpha value is -2.21. The Kier molecular flexibility index (Phi) is 4.06. The first-order chi connectivity index (χ1) is 11.8. The van der Waals surface area contributed by atoms with Crippen LogP contribution < -0.4 is 5.32 Å². The molecule has 4 rings (SSSR count). The summed E-state index contributed by atoms with van der Waals surface area (Å²) >= 11 is 0. The highest BCUT2D eigenvalue weighted by atomic mass is 19.1. The second-order valence-corrected chi connectivity index (χ2v) is 6.34. The molecule has 0 bridgehead atoms. The van der Waals surface area contributed by atoms with Crippen LogP contribution in [0.2, 0.25) is 0 Å². The number of rotatable bonds is 6. The summed E-state index contributed by atoms with van der Waals surface area (Å²) in [6.45, 7) is 0.598. The summed E-state index contributed by atoms with van der Waals surface area (Å²) in [4.78, 5) is 8.97. The molecule has 1 N–H and O–H groups in total. The molecule has 5 nitrogen and oxygen atoms in total. The van der Waals surface area contributed by atoms with E-state index in [2.05, 4.69) is 20.9 Å². The number of fused-ring (bicyclic) bond motifs is 3. The lowest BCUT2D eigenvalue weighted by atomic mass is 9.82. The van der Waals surface area contributed by atoms with Crippen molar-refractivity contribution in [3.8, 4) is 0 Å². The van der Waals surface area contributed by atoms with Crippen LogP contribution >= 0.6 is 0 Å². The zero-order chi connectivity index (χ0) is 16.5. The predicted octanol–water partition coefficient (Wildman–Crippen LogP) is 3.30. The van der Waals surface area contributed by atoms with Gasteiger partial charge in [-0.3, -0.25) is 4.98 Å². The number of hydrogen-bond acceptors (Lipinski definition) is 4. The molecule has 2 unspecified atom stereocenters. The van der Waals surface area contributed by atoms with E-state index in [9.17, 15) is 4.39 Å². The van der Waals surface area contributed by atoms with Crippen LogP contribution in [0.5, 0.6) is 0 Å². The number of aryl methyl sites for hydroxylation is 1. The van der Waals surface area contributed by atoms with Crippen molar-refractivity contribution in [2.75, 3.05) is 25.1 Å². The first-order valence-electron chi connectivity index (χ1n) is 8.38. The van der Waals surface area contributed by atoms with Gasteiger partial charge in [-0.25, -0.2) is 9.37 Å². The average molecular weight is 328 g/mol. The quantitative estimate of drug-likeness (QED) is 0.754. The van der Waals surface area contributed by atoms with E-state index in [4.69, 9.17) is 9.72 Å². The molecular formula is C18H21FN4O. The molecule has 1 aliphatic carbocycles. The Morgan fingerprint density at radius 3 is 3.00 bits per heavy atom. The van der Waals surface area contributed by atoms with Crippen LogP contribution in [0.15, 0.2) is 30.6 Å². The topological polar surface area (TPSA) is 52.0 Å². The third-order valence-electron chi connectivity index (χ3n) is 4.94. The maximum absolute atomic E-state index is 12.2. The second-order valence-electron chi connectivity index (χ2n) is 6.34. The van der Waals surface area contributed by atoms with Crippen molar-refractivity contribution >= 4 is 27.8 Å². The van der Waals surface area contributed by atoms with Gasteiger partial charge in [0, 0.05) is 42.7 Å². The number of nitrogens with zero attached hydrogens (tertiary/aromatic N) is 3. The number of anilines is 1. The highest BCUT2D eigenvalue weighted by Crippen LogP contribution is 2.31. The summed E-state index contributed by atoms with van der Waals surface area (Å²) in [5.41, 5.74) is 2.07. The number of aromatic nitrogens is 3. The molecule has 0 saturated heterocycles. The van der Waals surface area contributed by atoms with Crippen molar-refractivity contribution in [1.29, 1.82) is 0 Å². The van der Waals surface area contributed by atoms with Crippen LogP contribution in [-0.4, -0.2) is 40.5 Å². The summed E-state index contributed by atoms with van der Waals surface area (Å²) in [5, 5.41) is 5.63. The van der Waals surface area contributed by atoms with Crippen LogP contribution in [0, 0.1) is 5.92 Å². The van der Waals surface area contributed by atoms with E-state index < -0.39 is 6.67 Å². The van der Waals surface area contributed by atoms with Crippen LogP contribution in [0.3, 0.4) is 0 Å². The number of halogens is 1. The van der Waals surface area contributed by atoms with Crippen molar-refractivity contribution < 1.29 is 9.13 Å². The summed E-state index contributed by atoms with van der Waals surface area (Å²) in [6, 6.07) is 6.10. The summed E-state index contributed by atoms with van der Waals surface area (Å²) in [6.07, 6.45) is 6.00. The summed E-state index contributed by atoms with van der Waals surface area (Å²) < 4.78 is 19.8. The second kappa shape index (κ2) is 6.36. The fourth-order valence-electron chi connectivity index (χ4n) is 3.44. The minimum absolute atomic E-state index is 0.181. The molecule has 24 heavy (non-hydrogen) atoms. The van der Waals surface area contributed by atoms with E-state index in [1.165, 1.54) is 0 Å². The molecule has 3 aromatic heterocycles. The van der Waals surface area contributed by atoms with Gasteiger partial charge in [0.2, 0.25) is 0 Å². The number of hydrogen-bond donors (Lipinski definition) is 1. The highest BCUT2D eigenvalue weighted by Gasteiger charge is 2.31. The van der Waals surface area contributed by atoms with Crippen molar-refractivity contribution in [3.05, 3.63) is 30.6 Å². The van der Waals surface area contributed by atoms with Crippen molar-refractivity contribution in [2.24, 2.45) is 13.0 Å². The highest BCUT2D eigenvalue weighted by molar-refractivity contribution is 6.06. The third-order valence-corrected chi connectivity index (χ3v) is 4.94. The van der Waals surface area contributed by atoms with E-state index >= 15 is 0 Å². The molecule has 1 fully saturated rings. The average Bonchev–Trinajstić information content (AvgIpc) is 2.87. The van der Waals surface area contributed by atoms with Crippen LogP contribution in [0.25, 0.3) is 21.9 Å². The smallest absolute Gasteiger partial charge is 0.143 e. The molecule has 0 amide bonds. The van der Waals surface area contributed by atoms with Crippen molar-refractivity contribution in [2.45, 2.75) is 18.9 Å². The number of ether oxygens (including phenoxy) is 1. The zero-order valence-corrected chi connectivity index (χ0v) is 13.7. The van der Waals surface area contributed by atoms with Gasteiger partial charge >= 0.3 is 0 Å². The number of alkyl halides is 1. The van der Waals surface area contributed by atoms with Crippen LogP contribution in [-0.2, 0) is 11.8 Å². The molecule has 0 spiro atoms. The minimum atomic E-state index is -0.412. The maximum Gasteiger partial charge on any atom is 0.143 e. The largest absolute Gasteiger partial charge is 0.375 e. The fraction of sp³-hybridized carbons (Fsp3) is 0.444. The molecule has 3 aromatic rings. The first-order valence-corrected chi connectivity index (χ1v) is 8.38. The summed E-state index contributed by atoms with van der Waals surface area (Å²) in [5.74, 6) is 1.29. The van der Waals surface area contributed by atoms with E-state index in [0.717, 1.165) is 47.1 Å². The molecule has 0 aliphatic heterocycles. The van der Waals surface area contributed by atoms with Crippen molar-refractivity contribution in [1.82, 2.24) is 14.5 Å². The van der Waals surface area contributed by atoms with E-state index in [1.54, 1.807) is 6.20 Å². The van der Waals surface area contributed by atoms with Gasteiger partial charge in [0.25, 0.3) is 0 Å². The van der Waals surface area contributed by atoms with Crippen LogP contribution in [0.4, 0.5) is 10.2 Å². The lowest BCUT2D eigenvalue weighted by Gasteiger charge is -2.36. The Bertz CT molecular complexity index is 863. The SMILES string of the molecule is Cn1c2ccncc2c2ccc(NCC3CCC3OCCF)nc21. The van der Waals surface area contributed by atoms with Gasteiger partial charge in [-0.05, 0) is 31.0 Å². The van der Waals surface area contributed by atoms with Gasteiger partial charge in [0.15, 0.2) is 0 Å². The number of nitrogens with one attached hydrogen (secondary N) is 1. The van der Waals surface area contributed by atoms with Gasteiger partial charge in [0.1, 0.15) is 18.1 Å². The van der Waals surface area contributed by atoms with Gasteiger partial charge in [0.05, 0.1) is 18.2 Å². The Morgan fingerprint density at radius 1 is 1.29 bits per heavy atom. The molecule has 1 aliphatic rings. The number of pyridine rings is 2. The van der Waals surface area contributed by atoms with E-state index in [0.29, 0.717) is 5.92 Å². The Balaban J connectivity index is 1.51. The molecule has 0 radical (unpaired) electrons. The molecule has 6 heteroatoms. The lowest BCUT2D eigenvalue weighted by molar-refractivity contribution is -0.0451. The van der Waals surface area contributed by atoms with Gasteiger partial charge in [-0.1, -0.05) is 0 Å². The van der Waals surface area contributed by atoms with Gasteiger partial charge in [-0.15, -0.1) is 0 Å². The molecule has 2 atom stereocenters. The Labute approximate surface area is 139 Å². The van der Waals surface area contributed by atoms with Gasteiger partial charge < -0.3 is 14.6 Å². The summed E-state index contributed by atoms with van der Waals surface area (Å²) in [7, 11) is 2.02. The molecule has 3 heterocycles. The normalized spacial score (nSPS) is 20.4. The molecule has 1 saturated carbocycles. The van der Waals surface area contributed by atoms with Gasteiger partial charge in [-0.2, -0.15) is 0 Å². The monoisotopic (exact) mass is 328 g/mol. The standard InChI is InChI=1S/C18H21FN4O/c1-23-15-6-8-20-11-14(15)13-3-5-17(22-18(13)23)21-10-12-2-4-16(12)24-9-7-19/h3,5-6,8,11-12,16H,2,4,7,9-10H2,1H3,(H,21,22). The van der Waals surface area contributed by atoms with E-state index in [-0.39, 0.29) is 12.7 Å².